The molecule has 30 heavy (non-hydrogen) atoms. The summed E-state index contributed by atoms with van der Waals surface area (Å²) in [5.41, 5.74) is -0.767. The molecule has 10 nitrogen and oxygen atoms in total. The summed E-state index contributed by atoms with van der Waals surface area (Å²) < 4.78 is 33.9. The van der Waals surface area contributed by atoms with Gasteiger partial charge < -0.3 is 14.8 Å². The SMILES string of the molecule is COC(=O)CCNC(=O)[C@@H]1OP(=O)(NC(C(=O)OC)C2CCCCC2)OCC1(C)C. The predicted molar refractivity (Wildman–Crippen MR) is 107 cm³/mol. The molecular formula is C19H33N2O8P. The minimum Gasteiger partial charge on any atom is -0.469 e. The number of esters is 2. The monoisotopic (exact) mass is 448 g/mol. The molecule has 0 spiro atoms. The zero-order chi connectivity index (χ0) is 22.4. The van der Waals surface area contributed by atoms with Crippen LogP contribution < -0.4 is 10.4 Å². The molecule has 1 aliphatic carbocycles. The van der Waals surface area contributed by atoms with Crippen LogP contribution in [0.15, 0.2) is 0 Å². The van der Waals surface area contributed by atoms with Gasteiger partial charge in [-0.3, -0.25) is 23.4 Å². The zero-order valence-corrected chi connectivity index (χ0v) is 19.0. The summed E-state index contributed by atoms with van der Waals surface area (Å²) in [6.45, 7) is 3.55. The average Bonchev–Trinajstić information content (AvgIpc) is 2.74. The fraction of sp³-hybridized carbons (Fsp3) is 0.842. The lowest BCUT2D eigenvalue weighted by Crippen LogP contribution is -2.52. The van der Waals surface area contributed by atoms with Crippen molar-refractivity contribution < 1.29 is 37.5 Å². The smallest absolute Gasteiger partial charge is 0.407 e. The van der Waals surface area contributed by atoms with E-state index in [-0.39, 0.29) is 25.5 Å². The molecule has 1 heterocycles. The third-order valence-electron chi connectivity index (χ3n) is 5.53. The molecule has 2 N–H and O–H groups in total. The summed E-state index contributed by atoms with van der Waals surface area (Å²) in [5.74, 6) is -1.55. The van der Waals surface area contributed by atoms with Crippen molar-refractivity contribution in [2.24, 2.45) is 11.3 Å². The van der Waals surface area contributed by atoms with Gasteiger partial charge in [0.15, 0.2) is 6.10 Å². The van der Waals surface area contributed by atoms with Gasteiger partial charge in [-0.15, -0.1) is 0 Å². The number of hydrogen-bond donors (Lipinski definition) is 2. The van der Waals surface area contributed by atoms with Crippen molar-refractivity contribution in [1.29, 1.82) is 0 Å². The Labute approximate surface area is 177 Å². The van der Waals surface area contributed by atoms with E-state index in [0.717, 1.165) is 32.1 Å². The van der Waals surface area contributed by atoms with Crippen LogP contribution in [0.2, 0.25) is 0 Å². The van der Waals surface area contributed by atoms with Crippen LogP contribution in [0.25, 0.3) is 0 Å². The van der Waals surface area contributed by atoms with Crippen LogP contribution >= 0.6 is 7.75 Å². The summed E-state index contributed by atoms with van der Waals surface area (Å²) in [6.07, 6.45) is 3.57. The molecule has 1 saturated carbocycles. The quantitative estimate of drug-likeness (QED) is 0.423. The largest absolute Gasteiger partial charge is 0.469 e. The number of nitrogens with one attached hydrogen (secondary N) is 2. The van der Waals surface area contributed by atoms with E-state index in [1.807, 2.05) is 0 Å². The second-order valence-corrected chi connectivity index (χ2v) is 10.1. The molecule has 0 bridgehead atoms. The maximum absolute atomic E-state index is 13.3. The van der Waals surface area contributed by atoms with Gasteiger partial charge in [-0.05, 0) is 18.8 Å². The van der Waals surface area contributed by atoms with Gasteiger partial charge in [0.25, 0.3) is 0 Å². The lowest BCUT2D eigenvalue weighted by atomic mass is 9.84. The minimum absolute atomic E-state index is 0.00783. The lowest BCUT2D eigenvalue weighted by Gasteiger charge is -2.41. The summed E-state index contributed by atoms with van der Waals surface area (Å²) in [6, 6.07) is -0.842. The first kappa shape index (κ1) is 24.8. The third-order valence-corrected chi connectivity index (χ3v) is 7.08. The van der Waals surface area contributed by atoms with Crippen molar-refractivity contribution in [2.45, 2.75) is 64.5 Å². The van der Waals surface area contributed by atoms with Gasteiger partial charge in [0.1, 0.15) is 6.04 Å². The first-order valence-electron chi connectivity index (χ1n) is 10.2. The Bertz CT molecular complexity index is 677. The molecule has 2 rings (SSSR count). The van der Waals surface area contributed by atoms with Gasteiger partial charge in [0.05, 0.1) is 27.2 Å². The van der Waals surface area contributed by atoms with Crippen LogP contribution in [0.3, 0.4) is 0 Å². The summed E-state index contributed by atoms with van der Waals surface area (Å²) >= 11 is 0. The Balaban J connectivity index is 2.09. The number of rotatable bonds is 8. The van der Waals surface area contributed by atoms with Crippen LogP contribution in [0.4, 0.5) is 0 Å². The molecule has 3 atom stereocenters. The molecule has 0 radical (unpaired) electrons. The maximum atomic E-state index is 13.3. The number of hydrogen-bond acceptors (Lipinski definition) is 8. The molecule has 1 aliphatic heterocycles. The Hall–Kier alpha value is -1.48. The molecule has 172 valence electrons. The van der Waals surface area contributed by atoms with Crippen molar-refractivity contribution in [3.63, 3.8) is 0 Å². The van der Waals surface area contributed by atoms with Crippen molar-refractivity contribution in [3.05, 3.63) is 0 Å². The highest BCUT2D eigenvalue weighted by molar-refractivity contribution is 7.51. The van der Waals surface area contributed by atoms with Crippen LogP contribution in [-0.2, 0) is 37.5 Å². The zero-order valence-electron chi connectivity index (χ0n) is 18.1. The Kier molecular flexibility index (Phi) is 8.85. The van der Waals surface area contributed by atoms with E-state index in [9.17, 15) is 18.9 Å². The lowest BCUT2D eigenvalue weighted by molar-refractivity contribution is -0.145. The van der Waals surface area contributed by atoms with Crippen molar-refractivity contribution in [2.75, 3.05) is 27.4 Å². The predicted octanol–water partition coefficient (Wildman–Crippen LogP) is 1.93. The molecule has 0 aromatic rings. The number of carbonyl (C=O) groups is 3. The van der Waals surface area contributed by atoms with Crippen molar-refractivity contribution in [3.8, 4) is 0 Å². The molecule has 0 aromatic carbocycles. The van der Waals surface area contributed by atoms with E-state index in [1.165, 1.54) is 14.2 Å². The van der Waals surface area contributed by atoms with Crippen LogP contribution in [-0.4, -0.2) is 57.4 Å². The summed E-state index contributed by atoms with van der Waals surface area (Å²) in [4.78, 5) is 36.3. The average molecular weight is 448 g/mol. The number of methoxy groups -OCH3 is 2. The van der Waals surface area contributed by atoms with E-state index >= 15 is 0 Å². The Morgan fingerprint density at radius 1 is 1.13 bits per heavy atom. The molecule has 2 fully saturated rings. The number of carbonyl (C=O) groups excluding carboxylic acids is 3. The number of ether oxygens (including phenoxy) is 2. The highest BCUT2D eigenvalue weighted by Crippen LogP contribution is 2.54. The third kappa shape index (κ3) is 6.51. The molecule has 0 aromatic heterocycles. The normalized spacial score (nSPS) is 27.7. The van der Waals surface area contributed by atoms with Gasteiger partial charge in [0.2, 0.25) is 5.91 Å². The van der Waals surface area contributed by atoms with E-state index in [4.69, 9.17) is 13.8 Å². The van der Waals surface area contributed by atoms with Crippen LogP contribution in [0.5, 0.6) is 0 Å². The van der Waals surface area contributed by atoms with Crippen LogP contribution in [0, 0.1) is 11.3 Å². The van der Waals surface area contributed by atoms with Crippen molar-refractivity contribution in [1.82, 2.24) is 10.4 Å². The van der Waals surface area contributed by atoms with Gasteiger partial charge in [-0.1, -0.05) is 33.1 Å². The first-order chi connectivity index (χ1) is 14.1. The van der Waals surface area contributed by atoms with E-state index < -0.39 is 43.2 Å². The van der Waals surface area contributed by atoms with Gasteiger partial charge in [-0.25, -0.2) is 9.65 Å². The van der Waals surface area contributed by atoms with E-state index in [2.05, 4.69) is 15.1 Å². The number of amides is 1. The van der Waals surface area contributed by atoms with E-state index in [1.54, 1.807) is 13.8 Å². The summed E-state index contributed by atoms with van der Waals surface area (Å²) in [5, 5.41) is 5.34. The molecule has 2 unspecified atom stereocenters. The molecular weight excluding hydrogens is 415 g/mol. The Morgan fingerprint density at radius 3 is 2.40 bits per heavy atom. The fourth-order valence-corrected chi connectivity index (χ4v) is 5.72. The van der Waals surface area contributed by atoms with Gasteiger partial charge in [0, 0.05) is 12.0 Å². The molecule has 2 aliphatic rings. The highest BCUT2D eigenvalue weighted by atomic mass is 31.2. The minimum atomic E-state index is -3.95. The Morgan fingerprint density at radius 2 is 1.80 bits per heavy atom. The van der Waals surface area contributed by atoms with Crippen molar-refractivity contribution >= 4 is 25.6 Å². The first-order valence-corrected chi connectivity index (χ1v) is 11.8. The second kappa shape index (κ2) is 10.7. The standard InChI is InChI=1S/C19H33N2O8P/c1-19(2)12-28-30(25,29-16(19)17(23)20-11-10-14(22)26-3)21-15(18(24)27-4)13-8-6-5-7-9-13/h13,15-16H,5-12H2,1-4H3,(H,20,23)(H,21,25)/t15?,16-,30?/m0/s1. The molecule has 1 saturated heterocycles. The summed E-state index contributed by atoms with van der Waals surface area (Å²) in [7, 11) is -1.41. The molecule has 11 heteroatoms. The second-order valence-electron chi connectivity index (χ2n) is 8.39. The topological polar surface area (TPSA) is 129 Å². The highest BCUT2D eigenvalue weighted by Gasteiger charge is 2.50. The van der Waals surface area contributed by atoms with Crippen LogP contribution in [0.1, 0.15) is 52.4 Å². The van der Waals surface area contributed by atoms with E-state index in [0.29, 0.717) is 0 Å². The fourth-order valence-electron chi connectivity index (χ4n) is 3.71. The van der Waals surface area contributed by atoms with Gasteiger partial charge >= 0.3 is 19.7 Å². The molecule has 1 amide bonds. The maximum Gasteiger partial charge on any atom is 0.407 e. The van der Waals surface area contributed by atoms with Gasteiger partial charge in [-0.2, -0.15) is 0 Å².